The summed E-state index contributed by atoms with van der Waals surface area (Å²) in [4.78, 5) is 15.0. The summed E-state index contributed by atoms with van der Waals surface area (Å²) in [6.07, 6.45) is 6.92. The lowest BCUT2D eigenvalue weighted by molar-refractivity contribution is 0.196. The van der Waals surface area contributed by atoms with Gasteiger partial charge in [0, 0.05) is 30.9 Å². The molecule has 1 saturated heterocycles. The van der Waals surface area contributed by atoms with E-state index in [1.54, 1.807) is 6.07 Å². The third-order valence-electron chi connectivity index (χ3n) is 6.41. The van der Waals surface area contributed by atoms with Crippen LogP contribution < -0.4 is 10.6 Å². The Labute approximate surface area is 169 Å². The summed E-state index contributed by atoms with van der Waals surface area (Å²) >= 11 is 6.08. The van der Waals surface area contributed by atoms with Gasteiger partial charge in [0.25, 0.3) is 0 Å². The molecule has 1 spiro atoms. The number of rotatable bonds is 3. The minimum atomic E-state index is -0.746. The molecule has 150 valence electrons. The Kier molecular flexibility index (Phi) is 5.24. The monoisotopic (exact) mass is 405 g/mol. The predicted octanol–water partition coefficient (Wildman–Crippen LogP) is 3.23. The van der Waals surface area contributed by atoms with Crippen molar-refractivity contribution in [2.45, 2.75) is 51.7 Å². The second-order valence-corrected chi connectivity index (χ2v) is 8.28. The third-order valence-corrected chi connectivity index (χ3v) is 6.77. The number of pyridine rings is 1. The van der Waals surface area contributed by atoms with Crippen molar-refractivity contribution in [3.05, 3.63) is 34.6 Å². The second kappa shape index (κ2) is 7.54. The molecule has 1 atom stereocenters. The van der Waals surface area contributed by atoms with E-state index in [-0.39, 0.29) is 23.1 Å². The fraction of sp³-hybridized carbons (Fsp3) is 0.550. The van der Waals surface area contributed by atoms with Crippen molar-refractivity contribution < 1.29 is 9.50 Å². The molecule has 4 rings (SSSR count). The molecule has 2 aliphatic rings. The number of aromatic nitrogens is 3. The summed E-state index contributed by atoms with van der Waals surface area (Å²) < 4.78 is 13.8. The average Bonchev–Trinajstić information content (AvgIpc) is 3.04. The number of halogens is 2. The standard InChI is InChI=1S/C20H25ClFN5O/c1-12-17(13-4-8-24-18(22)16(13)21)26-14(11-28)19(25-12)27-9-6-20(7-10-27)5-2-3-15(20)23/h4,8,15,28H,2-3,5-7,9-11,23H2,1H3/t15-/m1/s1. The zero-order valence-corrected chi connectivity index (χ0v) is 16.7. The molecule has 1 aliphatic heterocycles. The number of anilines is 1. The largest absolute Gasteiger partial charge is 0.390 e. The van der Waals surface area contributed by atoms with Crippen molar-refractivity contribution >= 4 is 17.4 Å². The topological polar surface area (TPSA) is 88.2 Å². The molecule has 2 aromatic rings. The van der Waals surface area contributed by atoms with Crippen LogP contribution in [0.1, 0.15) is 43.5 Å². The molecule has 0 aromatic carbocycles. The number of nitrogens with two attached hydrogens (primary N) is 1. The van der Waals surface area contributed by atoms with Crippen molar-refractivity contribution in [1.29, 1.82) is 0 Å². The maximum atomic E-state index is 13.8. The lowest BCUT2D eigenvalue weighted by atomic mass is 9.74. The fourth-order valence-corrected chi connectivity index (χ4v) is 4.91. The minimum absolute atomic E-state index is 0.0910. The van der Waals surface area contributed by atoms with E-state index in [1.165, 1.54) is 19.0 Å². The number of hydrogen-bond acceptors (Lipinski definition) is 6. The van der Waals surface area contributed by atoms with E-state index in [0.717, 1.165) is 32.4 Å². The number of hydrogen-bond donors (Lipinski definition) is 2. The molecule has 3 heterocycles. The normalized spacial score (nSPS) is 21.5. The van der Waals surface area contributed by atoms with Crippen LogP contribution in [-0.4, -0.2) is 39.2 Å². The van der Waals surface area contributed by atoms with Crippen LogP contribution in [0.4, 0.5) is 10.2 Å². The van der Waals surface area contributed by atoms with Crippen molar-refractivity contribution in [2.24, 2.45) is 11.1 Å². The van der Waals surface area contributed by atoms with E-state index in [1.807, 2.05) is 6.92 Å². The Morgan fingerprint density at radius 3 is 2.71 bits per heavy atom. The van der Waals surface area contributed by atoms with Crippen molar-refractivity contribution in [3.8, 4) is 11.3 Å². The van der Waals surface area contributed by atoms with E-state index in [9.17, 15) is 9.50 Å². The van der Waals surface area contributed by atoms with Gasteiger partial charge in [-0.25, -0.2) is 15.0 Å². The van der Waals surface area contributed by atoms with E-state index in [2.05, 4.69) is 14.9 Å². The Balaban J connectivity index is 1.64. The zero-order chi connectivity index (χ0) is 19.9. The van der Waals surface area contributed by atoms with Gasteiger partial charge >= 0.3 is 0 Å². The van der Waals surface area contributed by atoms with Gasteiger partial charge in [0.2, 0.25) is 5.95 Å². The first-order chi connectivity index (χ1) is 13.4. The van der Waals surface area contributed by atoms with Gasteiger partial charge in [0.15, 0.2) is 5.82 Å². The average molecular weight is 406 g/mol. The summed E-state index contributed by atoms with van der Waals surface area (Å²) in [5, 5.41) is 9.82. The number of piperidine rings is 1. The van der Waals surface area contributed by atoms with E-state index in [0.29, 0.717) is 28.5 Å². The van der Waals surface area contributed by atoms with Crippen LogP contribution in [0.3, 0.4) is 0 Å². The quantitative estimate of drug-likeness (QED) is 0.762. The number of nitrogens with zero attached hydrogens (tertiary/aromatic N) is 4. The summed E-state index contributed by atoms with van der Waals surface area (Å²) in [5.41, 5.74) is 8.63. The second-order valence-electron chi connectivity index (χ2n) is 7.90. The lowest BCUT2D eigenvalue weighted by Gasteiger charge is -2.42. The highest BCUT2D eigenvalue weighted by Crippen LogP contribution is 2.46. The van der Waals surface area contributed by atoms with Gasteiger partial charge in [-0.3, -0.25) is 0 Å². The molecular weight excluding hydrogens is 381 g/mol. The lowest BCUT2D eigenvalue weighted by Crippen LogP contribution is -2.47. The van der Waals surface area contributed by atoms with Crippen LogP contribution in [0.5, 0.6) is 0 Å². The first-order valence-electron chi connectivity index (χ1n) is 9.74. The highest BCUT2D eigenvalue weighted by atomic mass is 35.5. The van der Waals surface area contributed by atoms with Gasteiger partial charge in [-0.1, -0.05) is 18.0 Å². The van der Waals surface area contributed by atoms with Gasteiger partial charge in [-0.05, 0) is 44.1 Å². The highest BCUT2D eigenvalue weighted by molar-refractivity contribution is 6.33. The maximum Gasteiger partial charge on any atom is 0.232 e. The highest BCUT2D eigenvalue weighted by Gasteiger charge is 2.43. The summed E-state index contributed by atoms with van der Waals surface area (Å²) in [5.74, 6) is -0.0555. The fourth-order valence-electron chi connectivity index (χ4n) is 4.71. The van der Waals surface area contributed by atoms with Gasteiger partial charge in [0.05, 0.1) is 18.0 Å². The molecule has 0 amide bonds. The predicted molar refractivity (Wildman–Crippen MR) is 107 cm³/mol. The van der Waals surface area contributed by atoms with Crippen LogP contribution in [0.15, 0.2) is 12.3 Å². The molecule has 6 nitrogen and oxygen atoms in total. The molecule has 0 unspecified atom stereocenters. The smallest absolute Gasteiger partial charge is 0.232 e. The molecule has 1 saturated carbocycles. The van der Waals surface area contributed by atoms with Crippen LogP contribution in [0.2, 0.25) is 5.02 Å². The molecule has 8 heteroatoms. The van der Waals surface area contributed by atoms with Gasteiger partial charge < -0.3 is 15.7 Å². The van der Waals surface area contributed by atoms with Crippen LogP contribution in [0, 0.1) is 18.3 Å². The zero-order valence-electron chi connectivity index (χ0n) is 16.0. The Hall–Kier alpha value is -1.83. The third kappa shape index (κ3) is 3.25. The van der Waals surface area contributed by atoms with Gasteiger partial charge in [-0.2, -0.15) is 4.39 Å². The minimum Gasteiger partial charge on any atom is -0.390 e. The molecule has 2 fully saturated rings. The summed E-state index contributed by atoms with van der Waals surface area (Å²) in [6, 6.07) is 1.89. The number of aryl methyl sites for hydroxylation is 1. The molecule has 28 heavy (non-hydrogen) atoms. The van der Waals surface area contributed by atoms with Crippen molar-refractivity contribution in [2.75, 3.05) is 18.0 Å². The maximum absolute atomic E-state index is 13.8. The molecular formula is C20H25ClFN5O. The molecule has 0 bridgehead atoms. The Bertz CT molecular complexity index is 885. The SMILES string of the molecule is Cc1nc(N2CCC3(CCC[C@H]3N)CC2)c(CO)nc1-c1ccnc(F)c1Cl. The number of aliphatic hydroxyl groups excluding tert-OH is 1. The molecule has 1 aliphatic carbocycles. The Morgan fingerprint density at radius 1 is 1.32 bits per heavy atom. The Morgan fingerprint density at radius 2 is 2.07 bits per heavy atom. The number of aliphatic hydroxyl groups is 1. The first kappa shape index (κ1) is 19.5. The molecule has 2 aromatic heterocycles. The molecule has 3 N–H and O–H groups in total. The van der Waals surface area contributed by atoms with Crippen LogP contribution in [-0.2, 0) is 6.61 Å². The van der Waals surface area contributed by atoms with Crippen LogP contribution >= 0.6 is 11.6 Å². The van der Waals surface area contributed by atoms with Crippen molar-refractivity contribution in [3.63, 3.8) is 0 Å². The molecule has 0 radical (unpaired) electrons. The van der Waals surface area contributed by atoms with Gasteiger partial charge in [0.1, 0.15) is 10.7 Å². The van der Waals surface area contributed by atoms with Crippen molar-refractivity contribution in [1.82, 2.24) is 15.0 Å². The van der Waals surface area contributed by atoms with Crippen LogP contribution in [0.25, 0.3) is 11.3 Å². The van der Waals surface area contributed by atoms with E-state index < -0.39 is 5.95 Å². The summed E-state index contributed by atoms with van der Waals surface area (Å²) in [7, 11) is 0. The van der Waals surface area contributed by atoms with Gasteiger partial charge in [-0.15, -0.1) is 0 Å². The van der Waals surface area contributed by atoms with E-state index >= 15 is 0 Å². The first-order valence-corrected chi connectivity index (χ1v) is 10.1. The summed E-state index contributed by atoms with van der Waals surface area (Å²) in [6.45, 7) is 3.26. The van der Waals surface area contributed by atoms with E-state index in [4.69, 9.17) is 22.3 Å².